The first-order chi connectivity index (χ1) is 8.65. The van der Waals surface area contributed by atoms with Gasteiger partial charge in [0.1, 0.15) is 5.82 Å². The van der Waals surface area contributed by atoms with Gasteiger partial charge in [0.25, 0.3) is 0 Å². The molecule has 1 aliphatic rings. The smallest absolute Gasteiger partial charge is 0.224 e. The van der Waals surface area contributed by atoms with Crippen molar-refractivity contribution in [1.29, 1.82) is 0 Å². The zero-order valence-electron chi connectivity index (χ0n) is 11.2. The second-order valence-electron chi connectivity index (χ2n) is 5.00. The van der Waals surface area contributed by atoms with E-state index in [4.69, 9.17) is 0 Å². The van der Waals surface area contributed by atoms with E-state index in [0.29, 0.717) is 17.9 Å². The molecule has 18 heavy (non-hydrogen) atoms. The molecular weight excluding hydrogens is 292 g/mol. The molecule has 0 aromatic carbocycles. The summed E-state index contributed by atoms with van der Waals surface area (Å²) < 4.78 is 0.925. The first-order valence-electron chi connectivity index (χ1n) is 6.62. The summed E-state index contributed by atoms with van der Waals surface area (Å²) in [4.78, 5) is 8.63. The molecule has 0 radical (unpaired) electrons. The van der Waals surface area contributed by atoms with E-state index in [9.17, 15) is 0 Å². The summed E-state index contributed by atoms with van der Waals surface area (Å²) >= 11 is 3.50. The highest BCUT2D eigenvalue weighted by atomic mass is 79.9. The molecule has 3 unspecified atom stereocenters. The van der Waals surface area contributed by atoms with Crippen molar-refractivity contribution in [3.8, 4) is 0 Å². The van der Waals surface area contributed by atoms with Crippen LogP contribution in [0.25, 0.3) is 0 Å². The lowest BCUT2D eigenvalue weighted by Crippen LogP contribution is -2.25. The van der Waals surface area contributed by atoms with Crippen molar-refractivity contribution in [1.82, 2.24) is 9.97 Å². The van der Waals surface area contributed by atoms with Crippen molar-refractivity contribution < 1.29 is 0 Å². The Kier molecular flexibility index (Phi) is 4.43. The molecule has 2 rings (SSSR count). The van der Waals surface area contributed by atoms with Crippen LogP contribution in [-0.2, 0) is 0 Å². The average molecular weight is 313 g/mol. The fourth-order valence-corrected chi connectivity index (χ4v) is 3.10. The zero-order chi connectivity index (χ0) is 13.1. The maximum Gasteiger partial charge on any atom is 0.224 e. The van der Waals surface area contributed by atoms with Crippen LogP contribution in [0, 0.1) is 11.8 Å². The number of nitrogens with zero attached hydrogens (tertiary/aromatic N) is 2. The van der Waals surface area contributed by atoms with E-state index < -0.39 is 0 Å². The number of anilines is 2. The van der Waals surface area contributed by atoms with Crippen molar-refractivity contribution >= 4 is 27.7 Å². The molecule has 100 valence electrons. The number of rotatable bonds is 4. The molecule has 1 aromatic heterocycles. The molecule has 0 saturated heterocycles. The summed E-state index contributed by atoms with van der Waals surface area (Å²) in [6.45, 7) is 4.62. The van der Waals surface area contributed by atoms with Crippen molar-refractivity contribution in [2.45, 2.75) is 39.2 Å². The normalized spacial score (nSPS) is 27.2. The minimum absolute atomic E-state index is 0.519. The quantitative estimate of drug-likeness (QED) is 0.893. The van der Waals surface area contributed by atoms with E-state index in [1.54, 1.807) is 6.20 Å². The number of nitrogens with one attached hydrogen (secondary N) is 2. The Balaban J connectivity index is 2.10. The second-order valence-corrected chi connectivity index (χ2v) is 5.85. The van der Waals surface area contributed by atoms with Crippen molar-refractivity contribution in [3.63, 3.8) is 0 Å². The minimum Gasteiger partial charge on any atom is -0.366 e. The molecule has 0 amide bonds. The average Bonchev–Trinajstić information content (AvgIpc) is 2.73. The molecule has 4 nitrogen and oxygen atoms in total. The minimum atomic E-state index is 0.519. The standard InChI is InChI=1S/C13H21BrN4/c1-4-9-5-6-11(8(9)2)17-12-10(14)7-16-13(15-3)18-12/h7-9,11H,4-6H2,1-3H3,(H2,15,16,17,18). The van der Waals surface area contributed by atoms with Crippen molar-refractivity contribution in [2.75, 3.05) is 17.7 Å². The van der Waals surface area contributed by atoms with Crippen molar-refractivity contribution in [2.24, 2.45) is 11.8 Å². The van der Waals surface area contributed by atoms with Crippen molar-refractivity contribution in [3.05, 3.63) is 10.7 Å². The lowest BCUT2D eigenvalue weighted by molar-refractivity contribution is 0.391. The van der Waals surface area contributed by atoms with Gasteiger partial charge in [0.15, 0.2) is 0 Å². The Labute approximate surface area is 117 Å². The van der Waals surface area contributed by atoms with E-state index in [1.807, 2.05) is 7.05 Å². The van der Waals surface area contributed by atoms with Gasteiger partial charge in [-0.25, -0.2) is 4.98 Å². The molecule has 1 fully saturated rings. The summed E-state index contributed by atoms with van der Waals surface area (Å²) in [5.74, 6) is 3.09. The van der Waals surface area contributed by atoms with Gasteiger partial charge in [0.05, 0.1) is 4.47 Å². The first kappa shape index (κ1) is 13.6. The molecule has 1 saturated carbocycles. The third kappa shape index (κ3) is 2.76. The maximum absolute atomic E-state index is 4.46. The van der Waals surface area contributed by atoms with Gasteiger partial charge in [0.2, 0.25) is 5.95 Å². The Bertz CT molecular complexity index is 410. The highest BCUT2D eigenvalue weighted by Gasteiger charge is 2.31. The van der Waals surface area contributed by atoms with Gasteiger partial charge in [0, 0.05) is 19.3 Å². The third-order valence-corrected chi connectivity index (χ3v) is 4.62. The molecule has 1 heterocycles. The summed E-state index contributed by atoms with van der Waals surface area (Å²) in [6.07, 6.45) is 5.60. The molecule has 3 atom stereocenters. The predicted octanol–water partition coefficient (Wildman–Crippen LogP) is 3.52. The number of aromatic nitrogens is 2. The fraction of sp³-hybridized carbons (Fsp3) is 0.692. The van der Waals surface area contributed by atoms with Gasteiger partial charge >= 0.3 is 0 Å². The number of halogens is 1. The van der Waals surface area contributed by atoms with Crippen LogP contribution in [0.15, 0.2) is 10.7 Å². The third-order valence-electron chi connectivity index (χ3n) is 4.04. The molecule has 1 aromatic rings. The SMILES string of the molecule is CCC1CCC(Nc2nc(NC)ncc2Br)C1C. The second kappa shape index (κ2) is 5.87. The fourth-order valence-electron chi connectivity index (χ4n) is 2.79. The van der Waals surface area contributed by atoms with E-state index in [-0.39, 0.29) is 0 Å². The van der Waals surface area contributed by atoms with Crippen LogP contribution < -0.4 is 10.6 Å². The van der Waals surface area contributed by atoms with Crippen LogP contribution in [0.3, 0.4) is 0 Å². The highest BCUT2D eigenvalue weighted by Crippen LogP contribution is 2.36. The summed E-state index contributed by atoms with van der Waals surface area (Å²) in [6, 6.07) is 0.519. The van der Waals surface area contributed by atoms with Crippen LogP contribution in [0.2, 0.25) is 0 Å². The largest absolute Gasteiger partial charge is 0.366 e. The Hall–Kier alpha value is -0.840. The number of hydrogen-bond donors (Lipinski definition) is 2. The van der Waals surface area contributed by atoms with E-state index in [1.165, 1.54) is 19.3 Å². The van der Waals surface area contributed by atoms with Gasteiger partial charge < -0.3 is 10.6 Å². The maximum atomic E-state index is 4.46. The van der Waals surface area contributed by atoms with Gasteiger partial charge in [-0.15, -0.1) is 0 Å². The van der Waals surface area contributed by atoms with E-state index >= 15 is 0 Å². The molecule has 1 aliphatic carbocycles. The van der Waals surface area contributed by atoms with Gasteiger partial charge in [-0.2, -0.15) is 4.98 Å². The molecule has 0 aliphatic heterocycles. The molecule has 5 heteroatoms. The summed E-state index contributed by atoms with van der Waals surface area (Å²) in [7, 11) is 1.83. The lowest BCUT2D eigenvalue weighted by Gasteiger charge is -2.22. The van der Waals surface area contributed by atoms with E-state index in [0.717, 1.165) is 16.2 Å². The van der Waals surface area contributed by atoms with Crippen LogP contribution in [0.1, 0.15) is 33.1 Å². The Morgan fingerprint density at radius 3 is 2.83 bits per heavy atom. The van der Waals surface area contributed by atoms with Crippen LogP contribution >= 0.6 is 15.9 Å². The Morgan fingerprint density at radius 1 is 1.44 bits per heavy atom. The van der Waals surface area contributed by atoms with Crippen LogP contribution in [0.5, 0.6) is 0 Å². The number of hydrogen-bond acceptors (Lipinski definition) is 4. The predicted molar refractivity (Wildman–Crippen MR) is 78.9 cm³/mol. The summed E-state index contributed by atoms with van der Waals surface area (Å²) in [5, 5.41) is 6.53. The monoisotopic (exact) mass is 312 g/mol. The van der Waals surface area contributed by atoms with Crippen LogP contribution in [-0.4, -0.2) is 23.1 Å². The molecular formula is C13H21BrN4. The lowest BCUT2D eigenvalue weighted by atomic mass is 9.93. The first-order valence-corrected chi connectivity index (χ1v) is 7.41. The summed E-state index contributed by atoms with van der Waals surface area (Å²) in [5.41, 5.74) is 0. The topological polar surface area (TPSA) is 49.8 Å². The van der Waals surface area contributed by atoms with Gasteiger partial charge in [-0.05, 0) is 40.6 Å². The molecule has 2 N–H and O–H groups in total. The zero-order valence-corrected chi connectivity index (χ0v) is 12.8. The van der Waals surface area contributed by atoms with Gasteiger partial charge in [-0.3, -0.25) is 0 Å². The molecule has 0 spiro atoms. The molecule has 0 bridgehead atoms. The Morgan fingerprint density at radius 2 is 2.22 bits per heavy atom. The van der Waals surface area contributed by atoms with E-state index in [2.05, 4.69) is 50.4 Å². The highest BCUT2D eigenvalue weighted by molar-refractivity contribution is 9.10. The van der Waals surface area contributed by atoms with Gasteiger partial charge in [-0.1, -0.05) is 20.3 Å². The van der Waals surface area contributed by atoms with Crippen LogP contribution in [0.4, 0.5) is 11.8 Å².